The lowest BCUT2D eigenvalue weighted by Crippen LogP contribution is -2.09. The number of benzene rings is 1. The molecule has 0 aliphatic heterocycles. The maximum absolute atomic E-state index is 11.4. The second-order valence-electron chi connectivity index (χ2n) is 4.11. The van der Waals surface area contributed by atoms with Crippen LogP contribution in [0.4, 0.5) is 0 Å². The molecule has 1 aromatic heterocycles. The van der Waals surface area contributed by atoms with Crippen molar-refractivity contribution in [2.75, 3.05) is 6.61 Å². The lowest BCUT2D eigenvalue weighted by atomic mass is 10.3. The van der Waals surface area contributed by atoms with E-state index in [2.05, 4.69) is 6.92 Å². The van der Waals surface area contributed by atoms with Gasteiger partial charge in [0.25, 0.3) is 0 Å². The van der Waals surface area contributed by atoms with Crippen LogP contribution in [0, 0.1) is 0 Å². The normalized spacial score (nSPS) is 10.3. The van der Waals surface area contributed by atoms with Crippen LogP contribution in [-0.2, 0) is 0 Å². The molecule has 2 aromatic rings. The highest BCUT2D eigenvalue weighted by Crippen LogP contribution is 2.16. The van der Waals surface area contributed by atoms with E-state index in [1.165, 1.54) is 6.07 Å². The minimum atomic E-state index is -0.0336. The highest BCUT2D eigenvalue weighted by atomic mass is 16.5. The van der Waals surface area contributed by atoms with Crippen molar-refractivity contribution < 1.29 is 4.74 Å². The summed E-state index contributed by atoms with van der Waals surface area (Å²) in [6.07, 6.45) is 3.80. The number of nitrogens with zero attached hydrogens (tertiary/aromatic N) is 1. The fourth-order valence-electron chi connectivity index (χ4n) is 1.69. The molecule has 0 unspecified atom stereocenters. The summed E-state index contributed by atoms with van der Waals surface area (Å²) >= 11 is 0. The maximum Gasteiger partial charge on any atom is 0.201 e. The van der Waals surface area contributed by atoms with Gasteiger partial charge in [0.2, 0.25) is 5.88 Å². The van der Waals surface area contributed by atoms with E-state index in [-0.39, 0.29) is 5.43 Å². The molecule has 94 valence electrons. The molecule has 0 spiro atoms. The minimum absolute atomic E-state index is 0.0336. The van der Waals surface area contributed by atoms with E-state index in [0.29, 0.717) is 12.5 Å². The Labute approximate surface area is 107 Å². The summed E-state index contributed by atoms with van der Waals surface area (Å²) < 4.78 is 7.56. The first-order valence-corrected chi connectivity index (χ1v) is 6.22. The minimum Gasteiger partial charge on any atom is -0.478 e. The first-order valence-electron chi connectivity index (χ1n) is 6.22. The predicted octanol–water partition coefficient (Wildman–Crippen LogP) is 3.02. The largest absolute Gasteiger partial charge is 0.478 e. The van der Waals surface area contributed by atoms with E-state index in [9.17, 15) is 4.79 Å². The molecule has 0 bridgehead atoms. The zero-order valence-corrected chi connectivity index (χ0v) is 10.5. The average molecular weight is 243 g/mol. The summed E-state index contributed by atoms with van der Waals surface area (Å²) in [5.74, 6) is 0.599. The molecule has 0 N–H and O–H groups in total. The van der Waals surface area contributed by atoms with Crippen molar-refractivity contribution in [3.8, 4) is 11.6 Å². The topological polar surface area (TPSA) is 31.2 Å². The molecule has 0 aliphatic carbocycles. The molecule has 0 saturated heterocycles. The monoisotopic (exact) mass is 243 g/mol. The van der Waals surface area contributed by atoms with Crippen molar-refractivity contribution >= 4 is 0 Å². The quantitative estimate of drug-likeness (QED) is 0.756. The SMILES string of the molecule is CCCCOc1cc(=O)ccn1-c1ccccc1. The number of ether oxygens (including phenoxy) is 1. The van der Waals surface area contributed by atoms with Crippen LogP contribution in [-0.4, -0.2) is 11.2 Å². The van der Waals surface area contributed by atoms with E-state index in [0.717, 1.165) is 18.5 Å². The third kappa shape index (κ3) is 3.00. The molecule has 1 heterocycles. The van der Waals surface area contributed by atoms with Crippen LogP contribution >= 0.6 is 0 Å². The van der Waals surface area contributed by atoms with Crippen LogP contribution in [0.3, 0.4) is 0 Å². The summed E-state index contributed by atoms with van der Waals surface area (Å²) in [5.41, 5.74) is 0.956. The first-order chi connectivity index (χ1) is 8.81. The van der Waals surface area contributed by atoms with Crippen molar-refractivity contribution in [1.82, 2.24) is 4.57 Å². The van der Waals surface area contributed by atoms with Gasteiger partial charge in [0.05, 0.1) is 6.61 Å². The summed E-state index contributed by atoms with van der Waals surface area (Å²) in [4.78, 5) is 11.4. The van der Waals surface area contributed by atoms with Crippen molar-refractivity contribution in [2.24, 2.45) is 0 Å². The molecule has 0 saturated carbocycles. The third-order valence-corrected chi connectivity index (χ3v) is 2.67. The van der Waals surface area contributed by atoms with Gasteiger partial charge in [-0.2, -0.15) is 0 Å². The number of unbranched alkanes of at least 4 members (excludes halogenated alkanes) is 1. The highest BCUT2D eigenvalue weighted by Gasteiger charge is 2.03. The molecule has 0 atom stereocenters. The molecular formula is C15H17NO2. The van der Waals surface area contributed by atoms with Gasteiger partial charge in [-0.05, 0) is 18.6 Å². The standard InChI is InChI=1S/C15H17NO2/c1-2-3-11-18-15-12-14(17)9-10-16(15)13-7-5-4-6-8-13/h4-10,12H,2-3,11H2,1H3. The summed E-state index contributed by atoms with van der Waals surface area (Å²) in [7, 11) is 0. The zero-order valence-electron chi connectivity index (χ0n) is 10.5. The fourth-order valence-corrected chi connectivity index (χ4v) is 1.69. The smallest absolute Gasteiger partial charge is 0.201 e. The molecule has 0 aliphatic rings. The van der Waals surface area contributed by atoms with Crippen LogP contribution in [0.2, 0.25) is 0 Å². The Morgan fingerprint density at radius 1 is 1.17 bits per heavy atom. The van der Waals surface area contributed by atoms with Crippen molar-refractivity contribution in [3.63, 3.8) is 0 Å². The van der Waals surface area contributed by atoms with Gasteiger partial charge in [-0.1, -0.05) is 31.5 Å². The highest BCUT2D eigenvalue weighted by molar-refractivity contribution is 5.36. The summed E-state index contributed by atoms with van der Waals surface area (Å²) in [5, 5.41) is 0. The van der Waals surface area contributed by atoms with Crippen LogP contribution in [0.5, 0.6) is 5.88 Å². The Morgan fingerprint density at radius 3 is 2.67 bits per heavy atom. The first kappa shape index (κ1) is 12.4. The Kier molecular flexibility index (Phi) is 4.18. The Bertz CT molecular complexity index is 546. The van der Waals surface area contributed by atoms with E-state index in [1.54, 1.807) is 12.3 Å². The van der Waals surface area contributed by atoms with Gasteiger partial charge in [-0.3, -0.25) is 9.36 Å². The predicted molar refractivity (Wildman–Crippen MR) is 72.4 cm³/mol. The van der Waals surface area contributed by atoms with E-state index in [4.69, 9.17) is 4.74 Å². The molecule has 3 heteroatoms. The van der Waals surface area contributed by atoms with Gasteiger partial charge in [-0.15, -0.1) is 0 Å². The van der Waals surface area contributed by atoms with Gasteiger partial charge in [0.15, 0.2) is 5.43 Å². The number of aromatic nitrogens is 1. The lowest BCUT2D eigenvalue weighted by molar-refractivity contribution is 0.290. The number of rotatable bonds is 5. The van der Waals surface area contributed by atoms with Crippen LogP contribution in [0.15, 0.2) is 53.5 Å². The van der Waals surface area contributed by atoms with Gasteiger partial charge in [0, 0.05) is 24.0 Å². The van der Waals surface area contributed by atoms with Crippen LogP contribution < -0.4 is 10.2 Å². The Balaban J connectivity index is 2.32. The van der Waals surface area contributed by atoms with Gasteiger partial charge in [0.1, 0.15) is 0 Å². The zero-order chi connectivity index (χ0) is 12.8. The summed E-state index contributed by atoms with van der Waals surface area (Å²) in [6, 6.07) is 12.9. The molecule has 1 aromatic carbocycles. The summed E-state index contributed by atoms with van der Waals surface area (Å²) in [6.45, 7) is 2.74. The fraction of sp³-hybridized carbons (Fsp3) is 0.267. The lowest BCUT2D eigenvalue weighted by Gasteiger charge is -2.13. The molecule has 3 nitrogen and oxygen atoms in total. The van der Waals surface area contributed by atoms with Gasteiger partial charge in [-0.25, -0.2) is 0 Å². The molecule has 0 amide bonds. The van der Waals surface area contributed by atoms with E-state index < -0.39 is 0 Å². The van der Waals surface area contributed by atoms with Gasteiger partial charge < -0.3 is 4.74 Å². The molecule has 0 fully saturated rings. The number of hydrogen-bond acceptors (Lipinski definition) is 2. The third-order valence-electron chi connectivity index (χ3n) is 2.67. The molecule has 2 rings (SSSR count). The van der Waals surface area contributed by atoms with Crippen LogP contribution in [0.25, 0.3) is 5.69 Å². The Hall–Kier alpha value is -2.03. The van der Waals surface area contributed by atoms with Crippen molar-refractivity contribution in [2.45, 2.75) is 19.8 Å². The Morgan fingerprint density at radius 2 is 1.94 bits per heavy atom. The van der Waals surface area contributed by atoms with Crippen molar-refractivity contribution in [1.29, 1.82) is 0 Å². The molecule has 18 heavy (non-hydrogen) atoms. The van der Waals surface area contributed by atoms with Gasteiger partial charge >= 0.3 is 0 Å². The number of hydrogen-bond donors (Lipinski definition) is 0. The number of para-hydroxylation sites is 1. The number of pyridine rings is 1. The molecule has 0 radical (unpaired) electrons. The second kappa shape index (κ2) is 6.05. The maximum atomic E-state index is 11.4. The van der Waals surface area contributed by atoms with E-state index in [1.807, 2.05) is 34.9 Å². The molecular weight excluding hydrogens is 226 g/mol. The van der Waals surface area contributed by atoms with Crippen LogP contribution in [0.1, 0.15) is 19.8 Å². The van der Waals surface area contributed by atoms with E-state index >= 15 is 0 Å². The average Bonchev–Trinajstić information content (AvgIpc) is 2.40. The van der Waals surface area contributed by atoms with Crippen molar-refractivity contribution in [3.05, 3.63) is 58.9 Å². The second-order valence-corrected chi connectivity index (χ2v) is 4.11.